The van der Waals surface area contributed by atoms with Crippen LogP contribution in [0.1, 0.15) is 32.1 Å². The molecule has 33 heavy (non-hydrogen) atoms. The van der Waals surface area contributed by atoms with E-state index in [9.17, 15) is 27.2 Å². The number of nitrogens with one attached hydrogen (secondary N) is 3. The van der Waals surface area contributed by atoms with Gasteiger partial charge in [0.25, 0.3) is 11.8 Å². The van der Waals surface area contributed by atoms with E-state index in [1.54, 1.807) is 0 Å². The van der Waals surface area contributed by atoms with Gasteiger partial charge in [-0.15, -0.1) is 0 Å². The van der Waals surface area contributed by atoms with Crippen LogP contribution in [0.3, 0.4) is 0 Å². The van der Waals surface area contributed by atoms with Crippen LogP contribution in [0.5, 0.6) is 0 Å². The number of carbonyl (C=O) groups is 2. The number of anilines is 2. The summed E-state index contributed by atoms with van der Waals surface area (Å²) >= 11 is 0. The van der Waals surface area contributed by atoms with Gasteiger partial charge in [-0.1, -0.05) is 23.8 Å². The van der Waals surface area contributed by atoms with Gasteiger partial charge >= 0.3 is 0 Å². The summed E-state index contributed by atoms with van der Waals surface area (Å²) in [6.45, 7) is -0.116. The maximum atomic E-state index is 13.9. The summed E-state index contributed by atoms with van der Waals surface area (Å²) in [6, 6.07) is 6.46. The number of amides is 2. The van der Waals surface area contributed by atoms with Gasteiger partial charge in [0.05, 0.1) is 6.54 Å². The predicted octanol–water partition coefficient (Wildman–Crippen LogP) is 3.60. The van der Waals surface area contributed by atoms with Crippen molar-refractivity contribution in [2.24, 2.45) is 0 Å². The van der Waals surface area contributed by atoms with Crippen molar-refractivity contribution in [2.45, 2.75) is 32.1 Å². The second kappa shape index (κ2) is 11.6. The van der Waals surface area contributed by atoms with Gasteiger partial charge in [0.2, 0.25) is 0 Å². The second-order valence-corrected chi connectivity index (χ2v) is 8.00. The number of quaternary nitrogens is 1. The summed E-state index contributed by atoms with van der Waals surface area (Å²) in [4.78, 5) is 25.5. The quantitative estimate of drug-likeness (QED) is 0.392. The van der Waals surface area contributed by atoms with Crippen LogP contribution >= 0.6 is 0 Å². The minimum atomic E-state index is -0.912. The Balaban J connectivity index is 1.67. The SMILES string of the molecule is O=C(C[NH+](CCC1=CCCCC1)CC(=O)Nc1c(F)cccc1F)Nc1c(F)cccc1F. The predicted molar refractivity (Wildman–Crippen MR) is 117 cm³/mol. The molecule has 0 atom stereocenters. The molecule has 0 spiro atoms. The van der Waals surface area contributed by atoms with Crippen LogP contribution in [-0.4, -0.2) is 31.4 Å². The van der Waals surface area contributed by atoms with E-state index in [0.29, 0.717) is 17.9 Å². The van der Waals surface area contributed by atoms with Crippen LogP contribution in [0.2, 0.25) is 0 Å². The molecule has 0 aliphatic heterocycles. The molecule has 0 bridgehead atoms. The molecule has 5 nitrogen and oxygen atoms in total. The molecule has 0 heterocycles. The Morgan fingerprint density at radius 1 is 0.788 bits per heavy atom. The summed E-state index contributed by atoms with van der Waals surface area (Å²) in [5.41, 5.74) is 0.101. The third-order valence-electron chi connectivity index (χ3n) is 5.46. The first-order chi connectivity index (χ1) is 15.8. The van der Waals surface area contributed by atoms with Crippen molar-refractivity contribution in [3.8, 4) is 0 Å². The van der Waals surface area contributed by atoms with Crippen molar-refractivity contribution in [2.75, 3.05) is 30.3 Å². The van der Waals surface area contributed by atoms with Crippen molar-refractivity contribution < 1.29 is 32.1 Å². The molecule has 0 unspecified atom stereocenters. The van der Waals surface area contributed by atoms with E-state index in [4.69, 9.17) is 0 Å². The maximum Gasteiger partial charge on any atom is 0.279 e. The third-order valence-corrected chi connectivity index (χ3v) is 5.46. The first-order valence-corrected chi connectivity index (χ1v) is 10.8. The fraction of sp³-hybridized carbons (Fsp3) is 0.333. The van der Waals surface area contributed by atoms with Crippen molar-refractivity contribution in [1.82, 2.24) is 0 Å². The van der Waals surface area contributed by atoms with Crippen molar-refractivity contribution >= 4 is 23.2 Å². The van der Waals surface area contributed by atoms with Gasteiger partial charge in [-0.25, -0.2) is 17.6 Å². The summed E-state index contributed by atoms with van der Waals surface area (Å²) in [7, 11) is 0. The van der Waals surface area contributed by atoms with Gasteiger partial charge in [0.1, 0.15) is 34.6 Å². The Labute approximate surface area is 189 Å². The Morgan fingerprint density at radius 2 is 1.27 bits per heavy atom. The molecular formula is C24H26F4N3O2+. The van der Waals surface area contributed by atoms with E-state index >= 15 is 0 Å². The molecular weight excluding hydrogens is 438 g/mol. The molecule has 176 valence electrons. The van der Waals surface area contributed by atoms with Gasteiger partial charge in [0.15, 0.2) is 13.1 Å². The smallest absolute Gasteiger partial charge is 0.279 e. The average molecular weight is 464 g/mol. The number of rotatable bonds is 9. The Hall–Kier alpha value is -3.20. The lowest BCUT2D eigenvalue weighted by molar-refractivity contribution is -0.883. The molecule has 0 saturated carbocycles. The molecule has 2 aromatic carbocycles. The van der Waals surface area contributed by atoms with E-state index < -0.39 is 46.5 Å². The Bertz CT molecular complexity index is 934. The fourth-order valence-corrected chi connectivity index (χ4v) is 3.76. The van der Waals surface area contributed by atoms with E-state index in [2.05, 4.69) is 16.7 Å². The largest absolute Gasteiger partial charge is 0.319 e. The topological polar surface area (TPSA) is 62.6 Å². The highest BCUT2D eigenvalue weighted by atomic mass is 19.1. The highest BCUT2D eigenvalue weighted by Gasteiger charge is 2.22. The number of hydrogen-bond acceptors (Lipinski definition) is 2. The average Bonchev–Trinajstić information content (AvgIpc) is 2.78. The first kappa shape index (κ1) is 24.4. The summed E-state index contributed by atoms with van der Waals surface area (Å²) in [5, 5.41) is 4.42. The van der Waals surface area contributed by atoms with E-state index in [1.165, 1.54) is 17.7 Å². The fourth-order valence-electron chi connectivity index (χ4n) is 3.76. The van der Waals surface area contributed by atoms with Crippen LogP contribution < -0.4 is 15.5 Å². The number of benzene rings is 2. The molecule has 2 amide bonds. The third kappa shape index (κ3) is 7.15. The number of hydrogen-bond donors (Lipinski definition) is 3. The summed E-state index contributed by atoms with van der Waals surface area (Å²) in [6.07, 6.45) is 6.88. The highest BCUT2D eigenvalue weighted by molar-refractivity contribution is 5.93. The number of para-hydroxylation sites is 2. The molecule has 1 aliphatic carbocycles. The van der Waals surface area contributed by atoms with Crippen LogP contribution in [0.25, 0.3) is 0 Å². The number of carbonyl (C=O) groups excluding carboxylic acids is 2. The molecule has 9 heteroatoms. The van der Waals surface area contributed by atoms with Crippen LogP contribution in [0.15, 0.2) is 48.0 Å². The van der Waals surface area contributed by atoms with Crippen molar-refractivity contribution in [1.29, 1.82) is 0 Å². The van der Waals surface area contributed by atoms with Crippen LogP contribution in [-0.2, 0) is 9.59 Å². The zero-order valence-electron chi connectivity index (χ0n) is 18.0. The molecule has 3 N–H and O–H groups in total. The van der Waals surface area contributed by atoms with Crippen molar-refractivity contribution in [3.63, 3.8) is 0 Å². The minimum absolute atomic E-state index is 0.256. The maximum absolute atomic E-state index is 13.9. The van der Waals surface area contributed by atoms with Gasteiger partial charge in [-0.3, -0.25) is 9.59 Å². The van der Waals surface area contributed by atoms with E-state index in [0.717, 1.165) is 49.9 Å². The van der Waals surface area contributed by atoms with Crippen molar-refractivity contribution in [3.05, 3.63) is 71.3 Å². The van der Waals surface area contributed by atoms with E-state index in [-0.39, 0.29) is 13.1 Å². The number of halogens is 4. The van der Waals surface area contributed by atoms with Crippen LogP contribution in [0, 0.1) is 23.3 Å². The Kier molecular flexibility index (Phi) is 8.59. The molecule has 0 fully saturated rings. The second-order valence-electron chi connectivity index (χ2n) is 8.00. The van der Waals surface area contributed by atoms with E-state index in [1.807, 2.05) is 0 Å². The standard InChI is InChI=1S/C24H25F4N3O2/c25-17-8-4-9-18(26)23(17)29-21(32)14-31(13-12-16-6-2-1-3-7-16)15-22(33)30-24-19(27)10-5-11-20(24)28/h4-6,8-11H,1-3,7,12-15H2,(H,29,32)(H,30,33)/p+1. The molecule has 2 aromatic rings. The zero-order valence-corrected chi connectivity index (χ0v) is 18.0. The normalized spacial score (nSPS) is 13.5. The molecule has 0 radical (unpaired) electrons. The van der Waals surface area contributed by atoms with Gasteiger partial charge in [-0.05, 0) is 49.9 Å². The summed E-state index contributed by atoms with van der Waals surface area (Å²) in [5.74, 6) is -5.02. The highest BCUT2D eigenvalue weighted by Crippen LogP contribution is 2.20. The molecule has 3 rings (SSSR count). The lowest BCUT2D eigenvalue weighted by Gasteiger charge is -2.21. The van der Waals surface area contributed by atoms with Crippen LogP contribution in [0.4, 0.5) is 28.9 Å². The number of allylic oxidation sites excluding steroid dienone is 1. The minimum Gasteiger partial charge on any atom is -0.319 e. The molecule has 0 saturated heterocycles. The van der Waals surface area contributed by atoms with Gasteiger partial charge in [0, 0.05) is 6.42 Å². The van der Waals surface area contributed by atoms with Gasteiger partial charge < -0.3 is 15.5 Å². The first-order valence-electron chi connectivity index (χ1n) is 10.8. The lowest BCUT2D eigenvalue weighted by atomic mass is 9.97. The molecule has 0 aromatic heterocycles. The van der Waals surface area contributed by atoms with Gasteiger partial charge in [-0.2, -0.15) is 0 Å². The monoisotopic (exact) mass is 464 g/mol. The molecule has 1 aliphatic rings. The lowest BCUT2D eigenvalue weighted by Crippen LogP contribution is -3.14. The summed E-state index contributed by atoms with van der Waals surface area (Å²) < 4.78 is 55.5. The Morgan fingerprint density at radius 3 is 1.70 bits per heavy atom. The zero-order chi connectivity index (χ0) is 23.8.